The molecule has 0 bridgehead atoms. The van der Waals surface area contributed by atoms with Crippen LogP contribution in [0.25, 0.3) is 0 Å². The van der Waals surface area contributed by atoms with E-state index in [9.17, 15) is 28.8 Å². The van der Waals surface area contributed by atoms with Gasteiger partial charge in [0.2, 0.25) is 5.82 Å². The van der Waals surface area contributed by atoms with Crippen molar-refractivity contribution >= 4 is 11.6 Å². The van der Waals surface area contributed by atoms with Crippen molar-refractivity contribution in [3.8, 4) is 0 Å². The minimum atomic E-state index is -1.52. The van der Waals surface area contributed by atoms with Gasteiger partial charge in [-0.25, -0.2) is 4.39 Å². The van der Waals surface area contributed by atoms with Gasteiger partial charge in [0, 0.05) is 26.2 Å². The number of halogens is 2. The van der Waals surface area contributed by atoms with E-state index in [0.29, 0.717) is 12.1 Å². The molecule has 0 spiro atoms. The van der Waals surface area contributed by atoms with Crippen molar-refractivity contribution in [2.24, 2.45) is 0 Å². The number of rotatable bonds is 3. The molecular weight excluding hydrogens is 288 g/mol. The zero-order chi connectivity index (χ0) is 15.7. The van der Waals surface area contributed by atoms with Crippen molar-refractivity contribution in [3.05, 3.63) is 39.4 Å². The minimum absolute atomic E-state index is 0.252. The summed E-state index contributed by atoms with van der Waals surface area (Å²) < 4.78 is 27.7. The Kier molecular flexibility index (Phi) is 4.14. The maximum Gasteiger partial charge on any atom is 0.305 e. The normalized spacial score (nSPS) is 21.3. The van der Waals surface area contributed by atoms with E-state index in [2.05, 4.69) is 5.32 Å². The Morgan fingerprint density at radius 2 is 2.14 bits per heavy atom. The summed E-state index contributed by atoms with van der Waals surface area (Å²) in [6.07, 6.45) is -0.872. The first kappa shape index (κ1) is 15.3. The van der Waals surface area contributed by atoms with E-state index in [0.717, 1.165) is 4.90 Å². The number of hydrogen-bond donors (Lipinski definition) is 2. The van der Waals surface area contributed by atoms with Gasteiger partial charge in [0.25, 0.3) is 5.91 Å². The highest BCUT2D eigenvalue weighted by Crippen LogP contribution is 2.25. The first-order chi connectivity index (χ1) is 9.84. The summed E-state index contributed by atoms with van der Waals surface area (Å²) >= 11 is 0. The Hall–Kier alpha value is -2.13. The molecule has 1 aromatic rings. The summed E-state index contributed by atoms with van der Waals surface area (Å²) in [4.78, 5) is 22.8. The van der Waals surface area contributed by atoms with Crippen LogP contribution in [-0.4, -0.2) is 53.1 Å². The summed E-state index contributed by atoms with van der Waals surface area (Å²) in [5.41, 5.74) is -1.97. The van der Waals surface area contributed by atoms with Crippen molar-refractivity contribution in [2.45, 2.75) is 12.1 Å². The SMILES string of the molecule is CN(C(=O)c1c(F)ccc([N+](=O)[O-])c1F)[C@@H]1CNC[C@H]1O. The number of aliphatic hydroxyl groups excluding tert-OH is 1. The lowest BCUT2D eigenvalue weighted by molar-refractivity contribution is -0.387. The van der Waals surface area contributed by atoms with E-state index >= 15 is 0 Å². The van der Waals surface area contributed by atoms with Crippen molar-refractivity contribution in [1.82, 2.24) is 10.2 Å². The monoisotopic (exact) mass is 301 g/mol. The molecule has 1 aliphatic rings. The third kappa shape index (κ3) is 2.69. The average Bonchev–Trinajstić information content (AvgIpc) is 2.83. The molecule has 2 rings (SSSR count). The van der Waals surface area contributed by atoms with Crippen LogP contribution in [0.4, 0.5) is 14.5 Å². The second-order valence-corrected chi connectivity index (χ2v) is 4.72. The molecule has 1 saturated heterocycles. The number of carbonyl (C=O) groups is 1. The molecule has 1 fully saturated rings. The molecule has 0 radical (unpaired) electrons. The fourth-order valence-electron chi connectivity index (χ4n) is 2.25. The van der Waals surface area contributed by atoms with Crippen LogP contribution < -0.4 is 5.32 Å². The van der Waals surface area contributed by atoms with Crippen molar-refractivity contribution in [3.63, 3.8) is 0 Å². The predicted octanol–water partition coefficient (Wildman–Crippen LogP) is 0.278. The molecule has 0 saturated carbocycles. The highest BCUT2D eigenvalue weighted by atomic mass is 19.1. The van der Waals surface area contributed by atoms with Crippen LogP contribution in [0.2, 0.25) is 0 Å². The highest BCUT2D eigenvalue weighted by Gasteiger charge is 2.35. The number of hydrogen-bond acceptors (Lipinski definition) is 5. The maximum atomic E-state index is 14.0. The van der Waals surface area contributed by atoms with Gasteiger partial charge in [-0.15, -0.1) is 0 Å². The highest BCUT2D eigenvalue weighted by molar-refractivity contribution is 5.95. The standard InChI is InChI=1S/C12H13F2N3O4/c1-16(8-4-15-5-9(8)18)12(19)10-6(13)2-3-7(11(10)14)17(20)21/h2-3,8-9,15,18H,4-5H2,1H3/t8-,9-/m1/s1. The van der Waals surface area contributed by atoms with Gasteiger partial charge in [0.1, 0.15) is 11.4 Å². The number of carbonyl (C=O) groups excluding carboxylic acids is 1. The van der Waals surface area contributed by atoms with Gasteiger partial charge in [-0.05, 0) is 6.07 Å². The summed E-state index contributed by atoms with van der Waals surface area (Å²) in [5, 5.41) is 23.2. The molecule has 114 valence electrons. The number of likely N-dealkylation sites (N-methyl/N-ethyl adjacent to an activating group) is 1. The van der Waals surface area contributed by atoms with Crippen LogP contribution in [0, 0.1) is 21.7 Å². The van der Waals surface area contributed by atoms with E-state index in [1.54, 1.807) is 0 Å². The van der Waals surface area contributed by atoms with E-state index in [4.69, 9.17) is 0 Å². The van der Waals surface area contributed by atoms with Gasteiger partial charge < -0.3 is 15.3 Å². The Morgan fingerprint density at radius 3 is 2.67 bits per heavy atom. The zero-order valence-electron chi connectivity index (χ0n) is 11.0. The molecule has 21 heavy (non-hydrogen) atoms. The fourth-order valence-corrected chi connectivity index (χ4v) is 2.25. The number of amides is 1. The van der Waals surface area contributed by atoms with Crippen LogP contribution in [0.15, 0.2) is 12.1 Å². The second kappa shape index (κ2) is 5.70. The zero-order valence-corrected chi connectivity index (χ0v) is 11.0. The molecule has 1 amide bonds. The molecule has 0 aliphatic carbocycles. The minimum Gasteiger partial charge on any atom is -0.390 e. The number of nitro benzene ring substituents is 1. The largest absolute Gasteiger partial charge is 0.390 e. The topological polar surface area (TPSA) is 95.7 Å². The van der Waals surface area contributed by atoms with Crippen LogP contribution >= 0.6 is 0 Å². The fraction of sp³-hybridized carbons (Fsp3) is 0.417. The summed E-state index contributed by atoms with van der Waals surface area (Å²) in [6.45, 7) is 0.518. The second-order valence-electron chi connectivity index (χ2n) is 4.72. The van der Waals surface area contributed by atoms with Crippen LogP contribution in [0.3, 0.4) is 0 Å². The Labute approximate surface area is 118 Å². The molecule has 0 aromatic heterocycles. The number of aliphatic hydroxyl groups is 1. The molecule has 1 aliphatic heterocycles. The number of nitro groups is 1. The van der Waals surface area contributed by atoms with Crippen LogP contribution in [0.5, 0.6) is 0 Å². The molecule has 1 heterocycles. The molecule has 0 unspecified atom stereocenters. The lowest BCUT2D eigenvalue weighted by Crippen LogP contribution is -2.44. The molecular formula is C12H13F2N3O4. The lowest BCUT2D eigenvalue weighted by Gasteiger charge is -2.26. The quantitative estimate of drug-likeness (QED) is 0.617. The smallest absolute Gasteiger partial charge is 0.305 e. The van der Waals surface area contributed by atoms with Crippen molar-refractivity contribution in [2.75, 3.05) is 20.1 Å². The van der Waals surface area contributed by atoms with E-state index < -0.39 is 45.9 Å². The van der Waals surface area contributed by atoms with E-state index in [1.165, 1.54) is 7.05 Å². The van der Waals surface area contributed by atoms with Gasteiger partial charge in [0.15, 0.2) is 0 Å². The molecule has 9 heteroatoms. The Balaban J connectivity index is 2.39. The molecule has 1 aromatic carbocycles. The number of nitrogens with one attached hydrogen (secondary N) is 1. The van der Waals surface area contributed by atoms with Crippen molar-refractivity contribution < 1.29 is 23.6 Å². The van der Waals surface area contributed by atoms with Gasteiger partial charge in [-0.3, -0.25) is 14.9 Å². The van der Waals surface area contributed by atoms with E-state index in [-0.39, 0.29) is 13.1 Å². The van der Waals surface area contributed by atoms with Gasteiger partial charge >= 0.3 is 5.69 Å². The van der Waals surface area contributed by atoms with Gasteiger partial charge in [-0.1, -0.05) is 0 Å². The average molecular weight is 301 g/mol. The van der Waals surface area contributed by atoms with Gasteiger partial charge in [-0.2, -0.15) is 4.39 Å². The lowest BCUT2D eigenvalue weighted by atomic mass is 10.1. The summed E-state index contributed by atoms with van der Waals surface area (Å²) in [6, 6.07) is 0.675. The first-order valence-electron chi connectivity index (χ1n) is 6.13. The third-order valence-corrected chi connectivity index (χ3v) is 3.45. The molecule has 7 nitrogen and oxygen atoms in total. The maximum absolute atomic E-state index is 14.0. The Bertz CT molecular complexity index is 596. The number of nitrogens with zero attached hydrogens (tertiary/aromatic N) is 2. The number of β-amino-alcohol motifs (C(OH)–C–C–N with tert-alkyl or cyclic N) is 1. The Morgan fingerprint density at radius 1 is 1.48 bits per heavy atom. The van der Waals surface area contributed by atoms with Crippen LogP contribution in [-0.2, 0) is 0 Å². The first-order valence-corrected chi connectivity index (χ1v) is 6.13. The number of benzene rings is 1. The summed E-state index contributed by atoms with van der Waals surface area (Å²) in [7, 11) is 1.28. The summed E-state index contributed by atoms with van der Waals surface area (Å²) in [5.74, 6) is -3.76. The molecule has 2 atom stereocenters. The molecule has 2 N–H and O–H groups in total. The van der Waals surface area contributed by atoms with Crippen molar-refractivity contribution in [1.29, 1.82) is 0 Å². The van der Waals surface area contributed by atoms with Crippen LogP contribution in [0.1, 0.15) is 10.4 Å². The van der Waals surface area contributed by atoms with Gasteiger partial charge in [0.05, 0.1) is 17.1 Å². The predicted molar refractivity (Wildman–Crippen MR) is 67.8 cm³/mol. The third-order valence-electron chi connectivity index (χ3n) is 3.45. The van der Waals surface area contributed by atoms with E-state index in [1.807, 2.05) is 0 Å².